The summed E-state index contributed by atoms with van der Waals surface area (Å²) in [6, 6.07) is 1.91. The maximum absolute atomic E-state index is 8.89. The number of ether oxygens (including phenoxy) is 2. The maximum atomic E-state index is 8.89. The van der Waals surface area contributed by atoms with Gasteiger partial charge >= 0.3 is 0 Å². The number of fused-ring (bicyclic) bond motifs is 1. The Hall–Kier alpha value is -1.82. The molecule has 0 unspecified atom stereocenters. The number of nitrogens with zero attached hydrogens (tertiary/aromatic N) is 2. The molecule has 3 N–H and O–H groups in total. The van der Waals surface area contributed by atoms with Crippen LogP contribution < -0.4 is 10.5 Å². The van der Waals surface area contributed by atoms with Crippen molar-refractivity contribution in [2.45, 2.75) is 33.1 Å². The third-order valence-electron chi connectivity index (χ3n) is 3.32. The number of pyridine rings is 1. The summed E-state index contributed by atoms with van der Waals surface area (Å²) in [6.45, 7) is 5.78. The topological polar surface area (TPSA) is 90.0 Å². The van der Waals surface area contributed by atoms with Gasteiger partial charge in [-0.15, -0.1) is 0 Å². The summed E-state index contributed by atoms with van der Waals surface area (Å²) < 4.78 is 11.1. The van der Waals surface area contributed by atoms with Crippen LogP contribution in [-0.4, -0.2) is 35.8 Å². The fourth-order valence-electron chi connectivity index (χ4n) is 2.32. The van der Waals surface area contributed by atoms with Crippen molar-refractivity contribution >= 4 is 5.84 Å². The molecule has 6 heteroatoms. The molecule has 0 fully saturated rings. The van der Waals surface area contributed by atoms with E-state index in [9.17, 15) is 0 Å². The highest BCUT2D eigenvalue weighted by atomic mass is 16.5. The first-order chi connectivity index (χ1) is 10.1. The highest BCUT2D eigenvalue weighted by Crippen LogP contribution is 2.26. The van der Waals surface area contributed by atoms with Gasteiger partial charge in [-0.3, -0.25) is 0 Å². The zero-order valence-electron chi connectivity index (χ0n) is 12.6. The van der Waals surface area contributed by atoms with Crippen LogP contribution in [0.15, 0.2) is 11.2 Å². The van der Waals surface area contributed by atoms with E-state index in [-0.39, 0.29) is 5.84 Å². The van der Waals surface area contributed by atoms with Crippen LogP contribution in [-0.2, 0) is 17.6 Å². The Labute approximate surface area is 125 Å². The molecular weight excluding hydrogens is 270 g/mol. The van der Waals surface area contributed by atoms with Gasteiger partial charge in [-0.25, -0.2) is 4.98 Å². The van der Waals surface area contributed by atoms with Gasteiger partial charge in [0.2, 0.25) is 5.88 Å². The van der Waals surface area contributed by atoms with Crippen molar-refractivity contribution in [3.63, 3.8) is 0 Å². The SMILES string of the molecule is CC(C)COCCOc1nc2c(cc1C(N)=NO)CCC2. The first-order valence-electron chi connectivity index (χ1n) is 7.33. The minimum atomic E-state index is 0.0234. The van der Waals surface area contributed by atoms with Crippen molar-refractivity contribution in [3.05, 3.63) is 22.9 Å². The van der Waals surface area contributed by atoms with Gasteiger partial charge < -0.3 is 20.4 Å². The molecular formula is C15H23N3O3. The average molecular weight is 293 g/mol. The molecule has 1 aliphatic rings. The minimum absolute atomic E-state index is 0.0234. The molecule has 0 radical (unpaired) electrons. The van der Waals surface area contributed by atoms with Crippen LogP contribution in [0.5, 0.6) is 5.88 Å². The maximum Gasteiger partial charge on any atom is 0.224 e. The van der Waals surface area contributed by atoms with E-state index < -0.39 is 0 Å². The lowest BCUT2D eigenvalue weighted by Crippen LogP contribution is -2.18. The lowest BCUT2D eigenvalue weighted by Gasteiger charge is -2.12. The van der Waals surface area contributed by atoms with E-state index in [1.807, 2.05) is 6.07 Å². The van der Waals surface area contributed by atoms with Gasteiger partial charge in [0.05, 0.1) is 12.2 Å². The largest absolute Gasteiger partial charge is 0.475 e. The van der Waals surface area contributed by atoms with Gasteiger partial charge in [0, 0.05) is 12.3 Å². The number of aromatic nitrogens is 1. The molecule has 1 aromatic heterocycles. The second-order valence-corrected chi connectivity index (χ2v) is 5.60. The normalized spacial score (nSPS) is 14.5. The van der Waals surface area contributed by atoms with Crippen LogP contribution >= 0.6 is 0 Å². The Morgan fingerprint density at radius 3 is 2.95 bits per heavy atom. The average Bonchev–Trinajstić information content (AvgIpc) is 2.92. The van der Waals surface area contributed by atoms with Crippen LogP contribution in [0.1, 0.15) is 37.1 Å². The predicted molar refractivity (Wildman–Crippen MR) is 79.9 cm³/mol. The standard InChI is InChI=1S/C15H23N3O3/c1-10(2)9-20-6-7-21-15-12(14(16)18-19)8-11-4-3-5-13(11)17-15/h8,10,19H,3-7,9H2,1-2H3,(H2,16,18). The van der Waals surface area contributed by atoms with Crippen molar-refractivity contribution in [2.75, 3.05) is 19.8 Å². The number of rotatable bonds is 7. The van der Waals surface area contributed by atoms with E-state index in [4.69, 9.17) is 20.4 Å². The van der Waals surface area contributed by atoms with Crippen LogP contribution in [0.25, 0.3) is 0 Å². The second-order valence-electron chi connectivity index (χ2n) is 5.60. The van der Waals surface area contributed by atoms with E-state index >= 15 is 0 Å². The van der Waals surface area contributed by atoms with Crippen molar-refractivity contribution in [1.29, 1.82) is 0 Å². The first-order valence-corrected chi connectivity index (χ1v) is 7.33. The number of nitrogens with two attached hydrogens (primary N) is 1. The van der Waals surface area contributed by atoms with Gasteiger partial charge in [0.25, 0.3) is 0 Å². The molecule has 6 nitrogen and oxygen atoms in total. The monoisotopic (exact) mass is 293 g/mol. The number of hydrogen-bond acceptors (Lipinski definition) is 5. The molecule has 2 rings (SSSR count). The Kier molecular flexibility index (Phi) is 5.38. The molecule has 1 heterocycles. The number of aryl methyl sites for hydroxylation is 2. The highest BCUT2D eigenvalue weighted by molar-refractivity contribution is 5.99. The third kappa shape index (κ3) is 4.07. The quantitative estimate of drug-likeness (QED) is 0.263. The number of amidine groups is 1. The Morgan fingerprint density at radius 1 is 1.43 bits per heavy atom. The summed E-state index contributed by atoms with van der Waals surface area (Å²) >= 11 is 0. The van der Waals surface area contributed by atoms with E-state index in [2.05, 4.69) is 24.0 Å². The summed E-state index contributed by atoms with van der Waals surface area (Å²) in [5.74, 6) is 0.935. The molecule has 1 aromatic rings. The summed E-state index contributed by atoms with van der Waals surface area (Å²) in [5.41, 5.74) is 8.45. The third-order valence-corrected chi connectivity index (χ3v) is 3.32. The van der Waals surface area contributed by atoms with Gasteiger partial charge in [-0.1, -0.05) is 19.0 Å². The van der Waals surface area contributed by atoms with Crippen LogP contribution in [0.2, 0.25) is 0 Å². The Balaban J connectivity index is 2.03. The van der Waals surface area contributed by atoms with E-state index in [0.717, 1.165) is 30.5 Å². The molecule has 0 aromatic carbocycles. The van der Waals surface area contributed by atoms with Crippen LogP contribution in [0.3, 0.4) is 0 Å². The predicted octanol–water partition coefficient (Wildman–Crippen LogP) is 1.72. The highest BCUT2D eigenvalue weighted by Gasteiger charge is 2.19. The summed E-state index contributed by atoms with van der Waals surface area (Å²) in [4.78, 5) is 4.51. The minimum Gasteiger partial charge on any atom is -0.475 e. The van der Waals surface area contributed by atoms with Crippen molar-refractivity contribution in [3.8, 4) is 5.88 Å². The second kappa shape index (κ2) is 7.26. The fourth-order valence-corrected chi connectivity index (χ4v) is 2.32. The van der Waals surface area contributed by atoms with Crippen molar-refractivity contribution < 1.29 is 14.7 Å². The molecule has 0 amide bonds. The molecule has 0 atom stereocenters. The zero-order chi connectivity index (χ0) is 15.2. The van der Waals surface area contributed by atoms with Crippen LogP contribution in [0.4, 0.5) is 0 Å². The van der Waals surface area contributed by atoms with Gasteiger partial charge in [-0.2, -0.15) is 0 Å². The van der Waals surface area contributed by atoms with Crippen molar-refractivity contribution in [2.24, 2.45) is 16.8 Å². The molecule has 0 bridgehead atoms. The van der Waals surface area contributed by atoms with Gasteiger partial charge in [0.15, 0.2) is 5.84 Å². The lowest BCUT2D eigenvalue weighted by molar-refractivity contribution is 0.0805. The molecule has 0 saturated carbocycles. The number of oxime groups is 1. The Bertz CT molecular complexity index is 515. The van der Waals surface area contributed by atoms with E-state index in [1.54, 1.807) is 0 Å². The molecule has 21 heavy (non-hydrogen) atoms. The van der Waals surface area contributed by atoms with Crippen molar-refractivity contribution in [1.82, 2.24) is 4.98 Å². The number of hydrogen-bond donors (Lipinski definition) is 2. The fraction of sp³-hybridized carbons (Fsp3) is 0.600. The zero-order valence-corrected chi connectivity index (χ0v) is 12.6. The van der Waals surface area contributed by atoms with Crippen LogP contribution in [0, 0.1) is 5.92 Å². The molecule has 0 aliphatic heterocycles. The smallest absolute Gasteiger partial charge is 0.224 e. The summed E-state index contributed by atoms with van der Waals surface area (Å²) in [7, 11) is 0. The van der Waals surface area contributed by atoms with Gasteiger partial charge in [-0.05, 0) is 36.8 Å². The molecule has 0 saturated heterocycles. The Morgan fingerprint density at radius 2 is 2.24 bits per heavy atom. The first kappa shape index (κ1) is 15.6. The van der Waals surface area contributed by atoms with E-state index in [1.165, 1.54) is 0 Å². The molecule has 116 valence electrons. The lowest BCUT2D eigenvalue weighted by atomic mass is 10.1. The molecule has 1 aliphatic carbocycles. The summed E-state index contributed by atoms with van der Waals surface area (Å²) in [6.07, 6.45) is 3.01. The van der Waals surface area contributed by atoms with Gasteiger partial charge in [0.1, 0.15) is 6.61 Å². The molecule has 0 spiro atoms. The summed E-state index contributed by atoms with van der Waals surface area (Å²) in [5, 5.41) is 11.9. The van der Waals surface area contributed by atoms with E-state index in [0.29, 0.717) is 37.2 Å².